The van der Waals surface area contributed by atoms with Crippen molar-refractivity contribution in [2.24, 2.45) is 0 Å². The van der Waals surface area contributed by atoms with Crippen LogP contribution in [0.4, 0.5) is 5.00 Å². The number of benzene rings is 1. The van der Waals surface area contributed by atoms with E-state index in [1.165, 1.54) is 11.5 Å². The van der Waals surface area contributed by atoms with Crippen LogP contribution in [-0.4, -0.2) is 14.2 Å². The molecule has 3 rings (SSSR count). The molecule has 110 valence electrons. The molecule has 7 heteroatoms. The van der Waals surface area contributed by atoms with Crippen molar-refractivity contribution in [1.82, 2.24) is 14.2 Å². The molecule has 2 aromatic heterocycles. The fraction of sp³-hybridized carbons (Fsp3) is 0.133. The Hall–Kier alpha value is -2.36. The van der Waals surface area contributed by atoms with Gasteiger partial charge < -0.3 is 5.32 Å². The van der Waals surface area contributed by atoms with Gasteiger partial charge in [0.15, 0.2) is 5.15 Å². The van der Waals surface area contributed by atoms with E-state index in [0.717, 1.165) is 11.3 Å². The third-order valence-electron chi connectivity index (χ3n) is 3.27. The number of rotatable bonds is 4. The number of aromatic nitrogens is 3. The summed E-state index contributed by atoms with van der Waals surface area (Å²) in [5, 5.41) is 17.5. The predicted molar refractivity (Wildman–Crippen MR) is 87.4 cm³/mol. The van der Waals surface area contributed by atoms with Crippen LogP contribution in [0.15, 0.2) is 42.7 Å². The highest BCUT2D eigenvalue weighted by atomic mass is 35.5. The maximum absolute atomic E-state index is 9.10. The van der Waals surface area contributed by atoms with Crippen LogP contribution in [0.5, 0.6) is 0 Å². The molecule has 0 saturated carbocycles. The molecule has 1 N–H and O–H groups in total. The smallest absolute Gasteiger partial charge is 0.162 e. The summed E-state index contributed by atoms with van der Waals surface area (Å²) in [4.78, 5) is 0. The van der Waals surface area contributed by atoms with Gasteiger partial charge in [0.05, 0.1) is 5.69 Å². The van der Waals surface area contributed by atoms with Gasteiger partial charge in [-0.15, -0.1) is 0 Å². The number of nitrogens with one attached hydrogen (secondary N) is 1. The summed E-state index contributed by atoms with van der Waals surface area (Å²) in [6, 6.07) is 12.1. The quantitative estimate of drug-likeness (QED) is 0.784. The second-order valence-corrected chi connectivity index (χ2v) is 5.83. The first-order chi connectivity index (χ1) is 10.7. The lowest BCUT2D eigenvalue weighted by Gasteiger charge is -2.14. The van der Waals surface area contributed by atoms with Gasteiger partial charge in [-0.05, 0) is 42.2 Å². The Morgan fingerprint density at radius 3 is 2.77 bits per heavy atom. The van der Waals surface area contributed by atoms with Crippen molar-refractivity contribution >= 4 is 28.1 Å². The molecule has 1 unspecified atom stereocenters. The standard InChI is InChI=1S/C15H12ClN5S/c1-10(19-15-13(9-17)14(16)20-22-15)11-3-5-12(6-4-11)21-8-2-7-18-21/h2-8,10,19H,1H3. The third kappa shape index (κ3) is 2.82. The van der Waals surface area contributed by atoms with Crippen molar-refractivity contribution in [2.75, 3.05) is 5.32 Å². The topological polar surface area (TPSA) is 66.5 Å². The van der Waals surface area contributed by atoms with Gasteiger partial charge in [-0.25, -0.2) is 4.68 Å². The fourth-order valence-electron chi connectivity index (χ4n) is 2.08. The largest absolute Gasteiger partial charge is 0.368 e. The van der Waals surface area contributed by atoms with E-state index < -0.39 is 0 Å². The van der Waals surface area contributed by atoms with Gasteiger partial charge in [-0.1, -0.05) is 23.7 Å². The van der Waals surface area contributed by atoms with Crippen LogP contribution < -0.4 is 5.32 Å². The molecule has 22 heavy (non-hydrogen) atoms. The molecule has 0 saturated heterocycles. The maximum Gasteiger partial charge on any atom is 0.162 e. The Morgan fingerprint density at radius 2 is 2.14 bits per heavy atom. The van der Waals surface area contributed by atoms with Crippen molar-refractivity contribution in [2.45, 2.75) is 13.0 Å². The third-order valence-corrected chi connectivity index (χ3v) is 4.42. The Morgan fingerprint density at radius 1 is 1.36 bits per heavy atom. The van der Waals surface area contributed by atoms with E-state index in [4.69, 9.17) is 16.9 Å². The predicted octanol–water partition coefficient (Wildman–Crippen LogP) is 4.03. The average molecular weight is 330 g/mol. The molecule has 0 radical (unpaired) electrons. The summed E-state index contributed by atoms with van der Waals surface area (Å²) < 4.78 is 5.80. The lowest BCUT2D eigenvalue weighted by atomic mass is 10.1. The normalized spacial score (nSPS) is 11.9. The monoisotopic (exact) mass is 329 g/mol. The van der Waals surface area contributed by atoms with E-state index >= 15 is 0 Å². The summed E-state index contributed by atoms with van der Waals surface area (Å²) in [5.41, 5.74) is 2.50. The number of nitrogens with zero attached hydrogens (tertiary/aromatic N) is 4. The van der Waals surface area contributed by atoms with E-state index in [-0.39, 0.29) is 11.2 Å². The van der Waals surface area contributed by atoms with Crippen molar-refractivity contribution in [3.8, 4) is 11.8 Å². The highest BCUT2D eigenvalue weighted by molar-refractivity contribution is 7.10. The first-order valence-corrected chi connectivity index (χ1v) is 7.76. The molecular formula is C15H12ClN5S. The second-order valence-electron chi connectivity index (χ2n) is 4.70. The number of hydrogen-bond donors (Lipinski definition) is 1. The zero-order valence-electron chi connectivity index (χ0n) is 11.7. The molecule has 2 heterocycles. The van der Waals surface area contributed by atoms with Gasteiger partial charge in [0.2, 0.25) is 0 Å². The van der Waals surface area contributed by atoms with Crippen molar-refractivity contribution in [1.29, 1.82) is 5.26 Å². The number of hydrogen-bond acceptors (Lipinski definition) is 5. The summed E-state index contributed by atoms with van der Waals surface area (Å²) in [5.74, 6) is 0. The van der Waals surface area contributed by atoms with Gasteiger partial charge in [-0.3, -0.25) is 0 Å². The molecule has 0 fully saturated rings. The summed E-state index contributed by atoms with van der Waals surface area (Å²) >= 11 is 7.07. The van der Waals surface area contributed by atoms with Crippen molar-refractivity contribution < 1.29 is 0 Å². The van der Waals surface area contributed by atoms with Crippen LogP contribution in [0.1, 0.15) is 24.1 Å². The van der Waals surface area contributed by atoms with Crippen LogP contribution in [-0.2, 0) is 0 Å². The van der Waals surface area contributed by atoms with E-state index in [9.17, 15) is 0 Å². The molecule has 1 atom stereocenters. The van der Waals surface area contributed by atoms with Crippen molar-refractivity contribution in [3.05, 3.63) is 59.0 Å². The van der Waals surface area contributed by atoms with Gasteiger partial charge in [0.25, 0.3) is 0 Å². The van der Waals surface area contributed by atoms with E-state index in [1.54, 1.807) is 10.9 Å². The number of halogens is 1. The fourth-order valence-corrected chi connectivity index (χ4v) is 3.11. The molecule has 0 aliphatic heterocycles. The van der Waals surface area contributed by atoms with Crippen LogP contribution in [0.3, 0.4) is 0 Å². The molecule has 0 spiro atoms. The molecule has 1 aromatic carbocycles. The minimum Gasteiger partial charge on any atom is -0.368 e. The van der Waals surface area contributed by atoms with E-state index in [1.807, 2.05) is 43.5 Å². The zero-order valence-corrected chi connectivity index (χ0v) is 13.3. The molecule has 5 nitrogen and oxygen atoms in total. The average Bonchev–Trinajstić information content (AvgIpc) is 3.18. The van der Waals surface area contributed by atoms with Gasteiger partial charge in [-0.2, -0.15) is 14.7 Å². The Labute approximate surface area is 136 Å². The lowest BCUT2D eigenvalue weighted by Crippen LogP contribution is -2.06. The molecular weight excluding hydrogens is 318 g/mol. The maximum atomic E-state index is 9.10. The molecule has 0 aliphatic rings. The van der Waals surface area contributed by atoms with Crippen LogP contribution >= 0.6 is 23.1 Å². The number of nitriles is 1. The Bertz CT molecular complexity index is 802. The summed E-state index contributed by atoms with van der Waals surface area (Å²) in [7, 11) is 0. The van der Waals surface area contributed by atoms with Crippen LogP contribution in [0.25, 0.3) is 5.69 Å². The van der Waals surface area contributed by atoms with Crippen LogP contribution in [0, 0.1) is 11.3 Å². The van der Waals surface area contributed by atoms with Crippen LogP contribution in [0.2, 0.25) is 5.15 Å². The van der Waals surface area contributed by atoms with Gasteiger partial charge in [0, 0.05) is 18.4 Å². The van der Waals surface area contributed by atoms with E-state index in [0.29, 0.717) is 10.6 Å². The molecule has 0 amide bonds. The molecule has 0 aliphatic carbocycles. The second kappa shape index (κ2) is 6.18. The Balaban J connectivity index is 1.78. The van der Waals surface area contributed by atoms with Crippen molar-refractivity contribution in [3.63, 3.8) is 0 Å². The van der Waals surface area contributed by atoms with E-state index in [2.05, 4.69) is 20.9 Å². The number of anilines is 1. The zero-order chi connectivity index (χ0) is 15.5. The van der Waals surface area contributed by atoms with Gasteiger partial charge in [0.1, 0.15) is 16.6 Å². The molecule has 0 bridgehead atoms. The summed E-state index contributed by atoms with van der Waals surface area (Å²) in [6.45, 7) is 2.03. The highest BCUT2D eigenvalue weighted by Gasteiger charge is 2.14. The SMILES string of the molecule is CC(Nc1snc(Cl)c1C#N)c1ccc(-n2cccn2)cc1. The minimum atomic E-state index is 0.0373. The molecule has 3 aromatic rings. The first-order valence-electron chi connectivity index (χ1n) is 6.61. The summed E-state index contributed by atoms with van der Waals surface area (Å²) in [6.07, 6.45) is 3.64. The highest BCUT2D eigenvalue weighted by Crippen LogP contribution is 2.30. The lowest BCUT2D eigenvalue weighted by molar-refractivity contribution is 0.865. The Kier molecular flexibility index (Phi) is 4.09. The minimum absolute atomic E-state index is 0.0373. The van der Waals surface area contributed by atoms with Gasteiger partial charge >= 0.3 is 0 Å². The first kappa shape index (κ1) is 14.6.